The summed E-state index contributed by atoms with van der Waals surface area (Å²) in [6.45, 7) is 2.65. The Balaban J connectivity index is 1.40. The molecule has 0 bridgehead atoms. The van der Waals surface area contributed by atoms with E-state index < -0.39 is 0 Å². The van der Waals surface area contributed by atoms with Crippen LogP contribution in [0, 0.1) is 6.92 Å². The normalized spacial score (nSPS) is 19.8. The van der Waals surface area contributed by atoms with Gasteiger partial charge >= 0.3 is 6.03 Å². The number of pyridine rings is 1. The Labute approximate surface area is 180 Å². The van der Waals surface area contributed by atoms with Gasteiger partial charge in [0, 0.05) is 35.9 Å². The predicted octanol–water partition coefficient (Wildman–Crippen LogP) is 4.49. The van der Waals surface area contributed by atoms with Crippen molar-refractivity contribution in [3.05, 3.63) is 65.2 Å². The molecule has 2 aliphatic heterocycles. The lowest BCUT2D eigenvalue weighted by atomic mass is 9.94. The number of aryl methyl sites for hydroxylation is 1. The molecule has 2 atom stereocenters. The van der Waals surface area contributed by atoms with Gasteiger partial charge in [0.2, 0.25) is 0 Å². The van der Waals surface area contributed by atoms with Crippen molar-refractivity contribution in [1.82, 2.24) is 9.88 Å². The molecular weight excluding hydrogens is 392 g/mol. The summed E-state index contributed by atoms with van der Waals surface area (Å²) in [5.74, 6) is 0.501. The van der Waals surface area contributed by atoms with E-state index in [2.05, 4.69) is 15.6 Å². The third kappa shape index (κ3) is 3.41. The third-order valence-electron chi connectivity index (χ3n) is 6.23. The number of benzene rings is 2. The number of nitrogens with zero attached hydrogens (tertiary/aromatic N) is 2. The number of carbonyl (C=O) groups excluding carboxylic acids is 2. The molecule has 2 aromatic carbocycles. The molecule has 7 heteroatoms. The van der Waals surface area contributed by atoms with Gasteiger partial charge in [-0.25, -0.2) is 9.78 Å². The quantitative estimate of drug-likeness (QED) is 0.659. The standard InChI is InChI=1S/C24H24N4O3/c1-14-12-21(25-18-8-4-3-6-16(14)18)27-24(30)26-19-9-5-7-17-22(19)20-13-15(31-2)10-11-28(20)23(17)29/h3-9,12,15,20H,10-11,13H2,1-2H3,(H2,25,26,27,30). The van der Waals surface area contributed by atoms with Gasteiger partial charge in [0.1, 0.15) is 5.82 Å². The van der Waals surface area contributed by atoms with E-state index in [1.165, 1.54) is 0 Å². The first kappa shape index (κ1) is 19.5. The van der Waals surface area contributed by atoms with Gasteiger partial charge < -0.3 is 15.0 Å². The van der Waals surface area contributed by atoms with Crippen molar-refractivity contribution < 1.29 is 14.3 Å². The van der Waals surface area contributed by atoms with E-state index in [0.29, 0.717) is 23.6 Å². The number of aromatic nitrogens is 1. The molecule has 158 valence electrons. The smallest absolute Gasteiger partial charge is 0.324 e. The Morgan fingerprint density at radius 1 is 1.16 bits per heavy atom. The number of anilines is 2. The molecule has 3 amide bonds. The van der Waals surface area contributed by atoms with Crippen LogP contribution in [0.3, 0.4) is 0 Å². The van der Waals surface area contributed by atoms with Crippen molar-refractivity contribution >= 4 is 34.3 Å². The van der Waals surface area contributed by atoms with Crippen LogP contribution in [0.1, 0.15) is 40.4 Å². The summed E-state index contributed by atoms with van der Waals surface area (Å²) in [6, 6.07) is 14.7. The van der Waals surface area contributed by atoms with Crippen LogP contribution in [0.4, 0.5) is 16.3 Å². The Morgan fingerprint density at radius 3 is 2.84 bits per heavy atom. The van der Waals surface area contributed by atoms with Crippen LogP contribution in [0.2, 0.25) is 0 Å². The van der Waals surface area contributed by atoms with Gasteiger partial charge in [0.15, 0.2) is 0 Å². The molecule has 1 fully saturated rings. The average Bonchev–Trinajstić information content (AvgIpc) is 3.06. The maximum Gasteiger partial charge on any atom is 0.324 e. The van der Waals surface area contributed by atoms with Gasteiger partial charge in [0.25, 0.3) is 5.91 Å². The molecule has 5 rings (SSSR count). The number of hydrogen-bond acceptors (Lipinski definition) is 4. The lowest BCUT2D eigenvalue weighted by Crippen LogP contribution is -2.38. The van der Waals surface area contributed by atoms with Gasteiger partial charge in [-0.05, 0) is 49.6 Å². The lowest BCUT2D eigenvalue weighted by molar-refractivity contribution is 0.0172. The molecule has 7 nitrogen and oxygen atoms in total. The summed E-state index contributed by atoms with van der Waals surface area (Å²) in [5.41, 5.74) is 4.03. The minimum atomic E-state index is -0.388. The predicted molar refractivity (Wildman–Crippen MR) is 119 cm³/mol. The van der Waals surface area contributed by atoms with Crippen molar-refractivity contribution in [3.8, 4) is 0 Å². The van der Waals surface area contributed by atoms with Crippen LogP contribution in [0.15, 0.2) is 48.5 Å². The number of para-hydroxylation sites is 1. The zero-order chi connectivity index (χ0) is 21.5. The molecule has 2 N–H and O–H groups in total. The van der Waals surface area contributed by atoms with Crippen molar-refractivity contribution in [2.24, 2.45) is 0 Å². The highest BCUT2D eigenvalue weighted by Crippen LogP contribution is 2.44. The van der Waals surface area contributed by atoms with Crippen molar-refractivity contribution in [2.75, 3.05) is 24.3 Å². The highest BCUT2D eigenvalue weighted by molar-refractivity contribution is 6.05. The first-order chi connectivity index (χ1) is 15.0. The van der Waals surface area contributed by atoms with Crippen LogP contribution in [0.5, 0.6) is 0 Å². The summed E-state index contributed by atoms with van der Waals surface area (Å²) in [7, 11) is 1.70. The molecule has 2 unspecified atom stereocenters. The molecule has 1 saturated heterocycles. The zero-order valence-electron chi connectivity index (χ0n) is 17.5. The van der Waals surface area contributed by atoms with Gasteiger partial charge in [-0.2, -0.15) is 0 Å². The van der Waals surface area contributed by atoms with Gasteiger partial charge in [-0.15, -0.1) is 0 Å². The molecular formula is C24H24N4O3. The molecule has 0 radical (unpaired) electrons. The molecule has 0 saturated carbocycles. The summed E-state index contributed by atoms with van der Waals surface area (Å²) in [6.07, 6.45) is 1.65. The monoisotopic (exact) mass is 416 g/mol. The first-order valence-corrected chi connectivity index (χ1v) is 10.5. The van der Waals surface area contributed by atoms with E-state index in [4.69, 9.17) is 4.74 Å². The van der Waals surface area contributed by atoms with E-state index in [1.54, 1.807) is 13.2 Å². The fourth-order valence-electron chi connectivity index (χ4n) is 4.72. The highest BCUT2D eigenvalue weighted by Gasteiger charge is 2.42. The van der Waals surface area contributed by atoms with Crippen molar-refractivity contribution in [3.63, 3.8) is 0 Å². The van der Waals surface area contributed by atoms with Gasteiger partial charge in [0.05, 0.1) is 17.7 Å². The topological polar surface area (TPSA) is 83.6 Å². The fourth-order valence-corrected chi connectivity index (χ4v) is 4.72. The maximum absolute atomic E-state index is 12.9. The number of hydrogen-bond donors (Lipinski definition) is 2. The number of piperidine rings is 1. The molecule has 31 heavy (non-hydrogen) atoms. The number of rotatable bonds is 3. The van der Waals surface area contributed by atoms with Crippen molar-refractivity contribution in [1.29, 1.82) is 0 Å². The number of ether oxygens (including phenoxy) is 1. The first-order valence-electron chi connectivity index (χ1n) is 10.5. The Kier molecular flexibility index (Phi) is 4.82. The molecule has 1 aromatic heterocycles. The van der Waals surface area contributed by atoms with E-state index in [-0.39, 0.29) is 24.1 Å². The maximum atomic E-state index is 12.9. The van der Waals surface area contributed by atoms with Crippen molar-refractivity contribution in [2.45, 2.75) is 31.9 Å². The van der Waals surface area contributed by atoms with Gasteiger partial charge in [-0.3, -0.25) is 10.1 Å². The molecule has 3 heterocycles. The van der Waals surface area contributed by atoms with Crippen LogP contribution in [0.25, 0.3) is 10.9 Å². The Hall–Kier alpha value is -3.45. The Bertz CT molecular complexity index is 1190. The lowest BCUT2D eigenvalue weighted by Gasteiger charge is -2.35. The van der Waals surface area contributed by atoms with Crippen LogP contribution < -0.4 is 10.6 Å². The second-order valence-electron chi connectivity index (χ2n) is 8.08. The van der Waals surface area contributed by atoms with E-state index in [0.717, 1.165) is 34.9 Å². The summed E-state index contributed by atoms with van der Waals surface area (Å²) in [4.78, 5) is 32.1. The van der Waals surface area contributed by atoms with Crippen LogP contribution >= 0.6 is 0 Å². The minimum Gasteiger partial charge on any atom is -0.381 e. The second kappa shape index (κ2) is 7.67. The molecule has 0 aliphatic carbocycles. The van der Waals surface area contributed by atoms with E-state index >= 15 is 0 Å². The van der Waals surface area contributed by atoms with Crippen LogP contribution in [-0.4, -0.2) is 41.6 Å². The largest absolute Gasteiger partial charge is 0.381 e. The number of fused-ring (bicyclic) bond motifs is 4. The van der Waals surface area contributed by atoms with Crippen LogP contribution in [-0.2, 0) is 4.74 Å². The SMILES string of the molecule is COC1CCN2C(=O)c3cccc(NC(=O)Nc4cc(C)c5ccccc5n4)c3C2C1. The fraction of sp³-hybridized carbons (Fsp3) is 0.292. The number of methoxy groups -OCH3 is 1. The summed E-state index contributed by atoms with van der Waals surface area (Å²) < 4.78 is 5.55. The Morgan fingerprint density at radius 2 is 2.00 bits per heavy atom. The number of amides is 3. The highest BCUT2D eigenvalue weighted by atomic mass is 16.5. The second-order valence-corrected chi connectivity index (χ2v) is 8.08. The van der Waals surface area contributed by atoms with E-state index in [1.807, 2.05) is 54.3 Å². The minimum absolute atomic E-state index is 0.0189. The van der Waals surface area contributed by atoms with Gasteiger partial charge in [-0.1, -0.05) is 24.3 Å². The summed E-state index contributed by atoms with van der Waals surface area (Å²) in [5, 5.41) is 6.82. The van der Waals surface area contributed by atoms with E-state index in [9.17, 15) is 9.59 Å². The number of nitrogens with one attached hydrogen (secondary N) is 2. The third-order valence-corrected chi connectivity index (χ3v) is 6.23. The number of carbonyl (C=O) groups is 2. The summed E-state index contributed by atoms with van der Waals surface area (Å²) >= 11 is 0. The molecule has 2 aliphatic rings. The molecule has 0 spiro atoms. The average molecular weight is 416 g/mol. The number of urea groups is 1. The molecule has 3 aromatic rings. The zero-order valence-corrected chi connectivity index (χ0v) is 17.5.